The van der Waals surface area contributed by atoms with Gasteiger partial charge in [-0.2, -0.15) is 0 Å². The number of hydrogen-bond acceptors (Lipinski definition) is 3. The summed E-state index contributed by atoms with van der Waals surface area (Å²) < 4.78 is 6.49. The number of thiophene rings is 1. The van der Waals surface area contributed by atoms with E-state index in [-0.39, 0.29) is 5.78 Å². The Morgan fingerprint density at radius 1 is 1.19 bits per heavy atom. The molecule has 1 unspecified atom stereocenters. The molecule has 1 aromatic carbocycles. The normalized spacial score (nSPS) is 12.5. The van der Waals surface area contributed by atoms with Crippen LogP contribution in [0, 0.1) is 6.92 Å². The van der Waals surface area contributed by atoms with Gasteiger partial charge in [0.1, 0.15) is 5.75 Å². The van der Waals surface area contributed by atoms with Crippen molar-refractivity contribution >= 4 is 28.7 Å². The monoisotopic (exact) mass is 322 g/mol. The number of Topliss-reactive ketones (excluding diaryl/α,β-unsaturated/α-hetero) is 1. The zero-order valence-corrected chi connectivity index (χ0v) is 14.2. The zero-order chi connectivity index (χ0) is 15.6. The first kappa shape index (κ1) is 16.1. The third kappa shape index (κ3) is 3.86. The van der Waals surface area contributed by atoms with Gasteiger partial charge in [-0.1, -0.05) is 37.6 Å². The molecule has 0 radical (unpaired) electrons. The fourth-order valence-corrected chi connectivity index (χ4v) is 3.05. The fourth-order valence-electron chi connectivity index (χ4n) is 1.99. The van der Waals surface area contributed by atoms with Gasteiger partial charge >= 0.3 is 0 Å². The molecule has 1 atom stereocenters. The van der Waals surface area contributed by atoms with E-state index in [2.05, 4.69) is 19.9 Å². The van der Waals surface area contributed by atoms with Crippen LogP contribution in [0.5, 0.6) is 5.75 Å². The van der Waals surface area contributed by atoms with Gasteiger partial charge in [0, 0.05) is 0 Å². The number of ketones is 1. The molecule has 1 heterocycles. The summed E-state index contributed by atoms with van der Waals surface area (Å²) in [6.45, 7) is 8.03. The number of benzene rings is 1. The highest BCUT2D eigenvalue weighted by Crippen LogP contribution is 2.27. The van der Waals surface area contributed by atoms with E-state index in [1.165, 1.54) is 16.9 Å². The Bertz CT molecular complexity index is 646. The predicted octanol–water partition coefficient (Wildman–Crippen LogP) is 5.48. The van der Waals surface area contributed by atoms with E-state index in [4.69, 9.17) is 16.3 Å². The molecule has 2 rings (SSSR count). The van der Waals surface area contributed by atoms with Gasteiger partial charge in [0.05, 0.1) is 9.21 Å². The molecule has 2 aromatic rings. The number of aryl methyl sites for hydroxylation is 1. The highest BCUT2D eigenvalue weighted by Gasteiger charge is 2.19. The number of hydrogen-bond donors (Lipinski definition) is 0. The second-order valence-electron chi connectivity index (χ2n) is 5.41. The minimum Gasteiger partial charge on any atom is -0.482 e. The number of rotatable bonds is 5. The van der Waals surface area contributed by atoms with Crippen LogP contribution in [0.25, 0.3) is 0 Å². The molecule has 21 heavy (non-hydrogen) atoms. The first-order chi connectivity index (χ1) is 9.88. The smallest absolute Gasteiger partial charge is 0.212 e. The molecule has 2 nitrogen and oxygen atoms in total. The van der Waals surface area contributed by atoms with Crippen molar-refractivity contribution in [2.24, 2.45) is 0 Å². The van der Waals surface area contributed by atoms with Gasteiger partial charge in [-0.3, -0.25) is 4.79 Å². The van der Waals surface area contributed by atoms with E-state index in [1.807, 2.05) is 19.1 Å². The van der Waals surface area contributed by atoms with Crippen molar-refractivity contribution in [3.63, 3.8) is 0 Å². The van der Waals surface area contributed by atoms with Gasteiger partial charge in [-0.05, 0) is 49.1 Å². The number of halogens is 1. The van der Waals surface area contributed by atoms with Crippen LogP contribution >= 0.6 is 22.9 Å². The summed E-state index contributed by atoms with van der Waals surface area (Å²) in [5, 5.41) is 0. The van der Waals surface area contributed by atoms with Crippen molar-refractivity contribution in [3.05, 3.63) is 50.7 Å². The van der Waals surface area contributed by atoms with Crippen LogP contribution < -0.4 is 4.74 Å². The van der Waals surface area contributed by atoms with Gasteiger partial charge in [-0.25, -0.2) is 0 Å². The topological polar surface area (TPSA) is 26.3 Å². The first-order valence-corrected chi connectivity index (χ1v) is 8.14. The Morgan fingerprint density at radius 2 is 1.90 bits per heavy atom. The Morgan fingerprint density at radius 3 is 2.48 bits per heavy atom. The second kappa shape index (κ2) is 6.63. The Balaban J connectivity index is 2.17. The zero-order valence-electron chi connectivity index (χ0n) is 12.6. The lowest BCUT2D eigenvalue weighted by molar-refractivity contribution is 0.0821. The van der Waals surface area contributed by atoms with Crippen molar-refractivity contribution in [1.29, 1.82) is 0 Å². The van der Waals surface area contributed by atoms with Crippen LogP contribution in [0.15, 0.2) is 30.3 Å². The van der Waals surface area contributed by atoms with Crippen molar-refractivity contribution in [3.8, 4) is 5.75 Å². The number of carbonyl (C=O) groups excluding carboxylic acids is 1. The largest absolute Gasteiger partial charge is 0.482 e. The van der Waals surface area contributed by atoms with Gasteiger partial charge in [-0.15, -0.1) is 11.3 Å². The summed E-state index contributed by atoms with van der Waals surface area (Å²) in [5.74, 6) is 1.15. The highest BCUT2D eigenvalue weighted by atomic mass is 35.5. The maximum atomic E-state index is 12.3. The van der Waals surface area contributed by atoms with Crippen LogP contribution in [0.2, 0.25) is 4.34 Å². The van der Waals surface area contributed by atoms with Crippen LogP contribution in [-0.4, -0.2) is 11.9 Å². The van der Waals surface area contributed by atoms with Crippen molar-refractivity contribution in [2.45, 2.75) is 39.7 Å². The average Bonchev–Trinajstić information content (AvgIpc) is 2.86. The second-order valence-corrected chi connectivity index (χ2v) is 7.12. The molecule has 4 heteroatoms. The highest BCUT2D eigenvalue weighted by molar-refractivity contribution is 7.18. The standard InChI is InChI=1S/C17H19ClO2S/c1-10(2)13-6-5-11(3)14(9-13)20-12(4)17(19)15-7-8-16(18)21-15/h5-10,12H,1-4H3. The minimum absolute atomic E-state index is 0.0405. The molecule has 0 N–H and O–H groups in total. The van der Waals surface area contributed by atoms with E-state index in [0.717, 1.165) is 11.3 Å². The molecule has 0 bridgehead atoms. The Kier molecular flexibility index (Phi) is 5.07. The predicted molar refractivity (Wildman–Crippen MR) is 89.0 cm³/mol. The summed E-state index contributed by atoms with van der Waals surface area (Å²) in [4.78, 5) is 12.9. The molecular weight excluding hydrogens is 304 g/mol. The summed E-state index contributed by atoms with van der Waals surface area (Å²) in [7, 11) is 0. The lowest BCUT2D eigenvalue weighted by atomic mass is 10.0. The van der Waals surface area contributed by atoms with Crippen LogP contribution in [0.1, 0.15) is 47.5 Å². The minimum atomic E-state index is -0.527. The molecule has 1 aromatic heterocycles. The van der Waals surface area contributed by atoms with Crippen molar-refractivity contribution < 1.29 is 9.53 Å². The van der Waals surface area contributed by atoms with E-state index in [0.29, 0.717) is 15.1 Å². The van der Waals surface area contributed by atoms with E-state index in [9.17, 15) is 4.79 Å². The van der Waals surface area contributed by atoms with E-state index < -0.39 is 6.10 Å². The maximum Gasteiger partial charge on any atom is 0.212 e. The summed E-state index contributed by atoms with van der Waals surface area (Å²) in [6, 6.07) is 9.62. The molecule has 0 amide bonds. The third-order valence-electron chi connectivity index (χ3n) is 3.37. The Labute approximate surface area is 134 Å². The van der Waals surface area contributed by atoms with Crippen molar-refractivity contribution in [2.75, 3.05) is 0 Å². The number of ether oxygens (including phenoxy) is 1. The quantitative estimate of drug-likeness (QED) is 0.681. The van der Waals surface area contributed by atoms with Crippen molar-refractivity contribution in [1.82, 2.24) is 0 Å². The molecule has 0 fully saturated rings. The van der Waals surface area contributed by atoms with Crippen LogP contribution in [0.3, 0.4) is 0 Å². The van der Waals surface area contributed by atoms with E-state index in [1.54, 1.807) is 19.1 Å². The molecule has 0 saturated carbocycles. The number of carbonyl (C=O) groups is 1. The Hall–Kier alpha value is -1.32. The third-order valence-corrected chi connectivity index (χ3v) is 4.61. The van der Waals surface area contributed by atoms with Crippen LogP contribution in [0.4, 0.5) is 0 Å². The molecule has 0 saturated heterocycles. The molecule has 0 aliphatic heterocycles. The molecule has 112 valence electrons. The first-order valence-electron chi connectivity index (χ1n) is 6.95. The van der Waals surface area contributed by atoms with Crippen LogP contribution in [-0.2, 0) is 0 Å². The maximum absolute atomic E-state index is 12.3. The summed E-state index contributed by atoms with van der Waals surface area (Å²) in [5.41, 5.74) is 2.23. The average molecular weight is 323 g/mol. The summed E-state index contributed by atoms with van der Waals surface area (Å²) in [6.07, 6.45) is -0.527. The van der Waals surface area contributed by atoms with Gasteiger partial charge in [0.2, 0.25) is 5.78 Å². The lowest BCUT2D eigenvalue weighted by Gasteiger charge is -2.17. The lowest BCUT2D eigenvalue weighted by Crippen LogP contribution is -2.23. The molecular formula is C17H19ClO2S. The summed E-state index contributed by atoms with van der Waals surface area (Å²) >= 11 is 7.16. The molecule has 0 spiro atoms. The SMILES string of the molecule is Cc1ccc(C(C)C)cc1OC(C)C(=O)c1ccc(Cl)s1. The van der Waals surface area contributed by atoms with E-state index >= 15 is 0 Å². The van der Waals surface area contributed by atoms with Gasteiger partial charge in [0.25, 0.3) is 0 Å². The molecule has 0 aliphatic carbocycles. The molecule has 0 aliphatic rings. The fraction of sp³-hybridized carbons (Fsp3) is 0.353. The van der Waals surface area contributed by atoms with Gasteiger partial charge in [0.15, 0.2) is 6.10 Å². The van der Waals surface area contributed by atoms with Gasteiger partial charge < -0.3 is 4.74 Å².